The quantitative estimate of drug-likeness (QED) is 0.836. The molecule has 1 amide bonds. The number of carbonyl (C=O) groups excluding carboxylic acids is 2. The van der Waals surface area contributed by atoms with Gasteiger partial charge in [-0.2, -0.15) is 18.3 Å². The molecule has 2 N–H and O–H groups in total. The van der Waals surface area contributed by atoms with Crippen molar-refractivity contribution in [3.8, 4) is 0 Å². The molecule has 21 heavy (non-hydrogen) atoms. The molecule has 2 rings (SSSR count). The van der Waals surface area contributed by atoms with E-state index in [2.05, 4.69) is 14.9 Å². The largest absolute Gasteiger partial charge is 0.451 e. The fourth-order valence-corrected chi connectivity index (χ4v) is 1.57. The molecule has 0 saturated carbocycles. The Labute approximate surface area is 116 Å². The van der Waals surface area contributed by atoms with Gasteiger partial charge in [-0.3, -0.25) is 9.89 Å². The van der Waals surface area contributed by atoms with Gasteiger partial charge in [-0.25, -0.2) is 4.79 Å². The average molecular weight is 301 g/mol. The highest BCUT2D eigenvalue weighted by Crippen LogP contribution is 2.15. The summed E-state index contributed by atoms with van der Waals surface area (Å²) in [5, 5.41) is 8.44. The molecule has 0 aliphatic carbocycles. The third kappa shape index (κ3) is 3.94. The number of hydrogen-bond acceptors (Lipinski definition) is 4. The zero-order valence-electron chi connectivity index (χ0n) is 10.5. The lowest BCUT2D eigenvalue weighted by atomic mass is 10.2. The van der Waals surface area contributed by atoms with E-state index in [1.165, 1.54) is 0 Å². The summed E-state index contributed by atoms with van der Waals surface area (Å²) in [6, 6.07) is 6.74. The predicted octanol–water partition coefficient (Wildman–Crippen LogP) is 1.40. The molecular weight excluding hydrogens is 291 g/mol. The molecule has 1 aromatic carbocycles. The normalized spacial score (nSPS) is 11.4. The summed E-state index contributed by atoms with van der Waals surface area (Å²) in [6.45, 7) is -2.29. The maximum atomic E-state index is 11.9. The van der Waals surface area contributed by atoms with E-state index in [9.17, 15) is 22.8 Å². The van der Waals surface area contributed by atoms with Crippen LogP contribution in [0.2, 0.25) is 0 Å². The van der Waals surface area contributed by atoms with Crippen LogP contribution in [0.25, 0.3) is 10.9 Å². The third-order valence-electron chi connectivity index (χ3n) is 2.48. The SMILES string of the molecule is O=C(COC(=O)c1n[nH]c2ccccc12)NCC(F)(F)F. The van der Waals surface area contributed by atoms with E-state index in [1.54, 1.807) is 29.6 Å². The number of carbonyl (C=O) groups is 2. The van der Waals surface area contributed by atoms with Gasteiger partial charge in [0.1, 0.15) is 6.54 Å². The van der Waals surface area contributed by atoms with Crippen molar-refractivity contribution < 1.29 is 27.5 Å². The van der Waals surface area contributed by atoms with Crippen LogP contribution in [0.5, 0.6) is 0 Å². The van der Waals surface area contributed by atoms with E-state index >= 15 is 0 Å². The van der Waals surface area contributed by atoms with E-state index in [4.69, 9.17) is 0 Å². The van der Waals surface area contributed by atoms with Gasteiger partial charge in [0.05, 0.1) is 5.52 Å². The fourth-order valence-electron chi connectivity index (χ4n) is 1.57. The van der Waals surface area contributed by atoms with E-state index < -0.39 is 31.2 Å². The molecule has 0 radical (unpaired) electrons. The number of esters is 1. The van der Waals surface area contributed by atoms with Crippen molar-refractivity contribution in [1.29, 1.82) is 0 Å². The maximum Gasteiger partial charge on any atom is 0.405 e. The number of nitrogens with zero attached hydrogens (tertiary/aromatic N) is 1. The van der Waals surface area contributed by atoms with Crippen LogP contribution in [0.4, 0.5) is 13.2 Å². The Morgan fingerprint density at radius 3 is 2.71 bits per heavy atom. The lowest BCUT2D eigenvalue weighted by Gasteiger charge is -2.08. The molecule has 0 spiro atoms. The van der Waals surface area contributed by atoms with Gasteiger partial charge in [0.15, 0.2) is 12.3 Å². The van der Waals surface area contributed by atoms with Gasteiger partial charge in [-0.1, -0.05) is 18.2 Å². The van der Waals surface area contributed by atoms with E-state index in [-0.39, 0.29) is 5.69 Å². The van der Waals surface area contributed by atoms with Crippen LogP contribution in [-0.2, 0) is 9.53 Å². The minimum Gasteiger partial charge on any atom is -0.451 e. The van der Waals surface area contributed by atoms with Crippen LogP contribution in [0.3, 0.4) is 0 Å². The summed E-state index contributed by atoms with van der Waals surface area (Å²) < 4.78 is 40.2. The van der Waals surface area contributed by atoms with Crippen LogP contribution in [0, 0.1) is 0 Å². The highest BCUT2D eigenvalue weighted by Gasteiger charge is 2.28. The Hall–Kier alpha value is -2.58. The summed E-state index contributed by atoms with van der Waals surface area (Å²) in [6.07, 6.45) is -4.52. The van der Waals surface area contributed by atoms with E-state index in [0.29, 0.717) is 10.9 Å². The molecule has 6 nitrogen and oxygen atoms in total. The number of nitrogens with one attached hydrogen (secondary N) is 2. The molecule has 1 aromatic heterocycles. The summed E-state index contributed by atoms with van der Waals surface area (Å²) >= 11 is 0. The summed E-state index contributed by atoms with van der Waals surface area (Å²) in [4.78, 5) is 22.8. The van der Waals surface area contributed by atoms with Crippen molar-refractivity contribution in [2.45, 2.75) is 6.18 Å². The Balaban J connectivity index is 1.92. The van der Waals surface area contributed by atoms with Gasteiger partial charge in [-0.05, 0) is 6.07 Å². The van der Waals surface area contributed by atoms with Gasteiger partial charge >= 0.3 is 12.1 Å². The second-order valence-corrected chi connectivity index (χ2v) is 4.09. The minimum atomic E-state index is -4.52. The van der Waals surface area contributed by atoms with Crippen molar-refractivity contribution in [3.05, 3.63) is 30.0 Å². The number of aromatic amines is 1. The molecule has 9 heteroatoms. The number of alkyl halides is 3. The Morgan fingerprint density at radius 2 is 2.00 bits per heavy atom. The molecule has 0 fully saturated rings. The van der Waals surface area contributed by atoms with Crippen molar-refractivity contribution in [2.24, 2.45) is 0 Å². The van der Waals surface area contributed by atoms with Crippen LogP contribution in [0.15, 0.2) is 24.3 Å². The molecule has 0 aliphatic heterocycles. The molecule has 1 heterocycles. The van der Waals surface area contributed by atoms with E-state index in [0.717, 1.165) is 0 Å². The van der Waals surface area contributed by atoms with Crippen LogP contribution in [-0.4, -0.2) is 41.4 Å². The standard InChI is InChI=1S/C12H10F3N3O3/c13-12(14,15)6-16-9(19)5-21-11(20)10-7-3-1-2-4-8(7)17-18-10/h1-4H,5-6H2,(H,16,19)(H,17,18). The topological polar surface area (TPSA) is 84.1 Å². The first kappa shape index (κ1) is 14.8. The number of rotatable bonds is 4. The third-order valence-corrected chi connectivity index (χ3v) is 2.48. The highest BCUT2D eigenvalue weighted by atomic mass is 19.4. The van der Waals surface area contributed by atoms with Crippen molar-refractivity contribution in [1.82, 2.24) is 15.5 Å². The maximum absolute atomic E-state index is 11.9. The van der Waals surface area contributed by atoms with Crippen molar-refractivity contribution in [3.63, 3.8) is 0 Å². The number of amides is 1. The number of halogens is 3. The lowest BCUT2D eigenvalue weighted by molar-refractivity contribution is -0.140. The van der Waals surface area contributed by atoms with Crippen molar-refractivity contribution >= 4 is 22.8 Å². The average Bonchev–Trinajstić information content (AvgIpc) is 2.85. The zero-order chi connectivity index (χ0) is 15.5. The monoisotopic (exact) mass is 301 g/mol. The molecule has 112 valence electrons. The van der Waals surface area contributed by atoms with Crippen LogP contribution < -0.4 is 5.32 Å². The molecule has 0 saturated heterocycles. The molecule has 0 atom stereocenters. The van der Waals surface area contributed by atoms with Gasteiger partial charge in [0, 0.05) is 5.39 Å². The van der Waals surface area contributed by atoms with Gasteiger partial charge < -0.3 is 10.1 Å². The molecular formula is C12H10F3N3O3. The smallest absolute Gasteiger partial charge is 0.405 e. The molecule has 0 aliphatic rings. The number of para-hydroxylation sites is 1. The van der Waals surface area contributed by atoms with Gasteiger partial charge in [0.2, 0.25) is 0 Å². The zero-order valence-corrected chi connectivity index (χ0v) is 10.5. The summed E-state index contributed by atoms with van der Waals surface area (Å²) in [5.74, 6) is -1.94. The number of fused-ring (bicyclic) bond motifs is 1. The second-order valence-electron chi connectivity index (χ2n) is 4.09. The van der Waals surface area contributed by atoms with Gasteiger partial charge in [0.25, 0.3) is 5.91 Å². The van der Waals surface area contributed by atoms with Gasteiger partial charge in [-0.15, -0.1) is 0 Å². The molecule has 0 unspecified atom stereocenters. The number of aromatic nitrogens is 2. The lowest BCUT2D eigenvalue weighted by Crippen LogP contribution is -2.36. The summed E-state index contributed by atoms with van der Waals surface area (Å²) in [5.41, 5.74) is 0.570. The predicted molar refractivity (Wildman–Crippen MR) is 65.4 cm³/mol. The number of ether oxygens (including phenoxy) is 1. The first-order chi connectivity index (χ1) is 9.87. The highest BCUT2D eigenvalue weighted by molar-refractivity contribution is 6.02. The number of hydrogen-bond donors (Lipinski definition) is 2. The Morgan fingerprint density at radius 1 is 1.29 bits per heavy atom. The van der Waals surface area contributed by atoms with Crippen LogP contribution >= 0.6 is 0 Å². The van der Waals surface area contributed by atoms with Crippen LogP contribution in [0.1, 0.15) is 10.5 Å². The first-order valence-corrected chi connectivity index (χ1v) is 5.80. The Bertz CT molecular complexity index is 666. The molecule has 2 aromatic rings. The second kappa shape index (κ2) is 5.81. The Kier molecular flexibility index (Phi) is 4.10. The minimum absolute atomic E-state index is 0.0331. The van der Waals surface area contributed by atoms with Crippen molar-refractivity contribution in [2.75, 3.05) is 13.2 Å². The first-order valence-electron chi connectivity index (χ1n) is 5.80. The number of H-pyrrole nitrogens is 1. The fraction of sp³-hybridized carbons (Fsp3) is 0.250. The molecule has 0 bridgehead atoms. The number of benzene rings is 1. The van der Waals surface area contributed by atoms with E-state index in [1.807, 2.05) is 0 Å². The summed E-state index contributed by atoms with van der Waals surface area (Å²) in [7, 11) is 0.